The Labute approximate surface area is 285 Å². The third-order valence-corrected chi connectivity index (χ3v) is 9.87. The zero-order chi connectivity index (χ0) is 35.0. The first-order chi connectivity index (χ1) is 22.9. The van der Waals surface area contributed by atoms with Crippen LogP contribution in [0.1, 0.15) is 29.2 Å². The van der Waals surface area contributed by atoms with Gasteiger partial charge in [0.15, 0.2) is 0 Å². The van der Waals surface area contributed by atoms with Crippen molar-refractivity contribution in [2.75, 3.05) is 24.5 Å². The lowest BCUT2D eigenvalue weighted by molar-refractivity contribution is -0.385. The summed E-state index contributed by atoms with van der Waals surface area (Å²) in [6, 6.07) is 23.4. The molecule has 0 unspecified atom stereocenters. The molecule has 13 heteroatoms. The van der Waals surface area contributed by atoms with Crippen molar-refractivity contribution in [1.82, 2.24) is 10.2 Å². The molecule has 11 nitrogen and oxygen atoms in total. The average molecular weight is 693 g/mol. The molecule has 48 heavy (non-hydrogen) atoms. The van der Waals surface area contributed by atoms with Crippen LogP contribution in [0, 0.1) is 24.0 Å². The van der Waals surface area contributed by atoms with E-state index in [1.807, 2.05) is 61.5 Å². The summed E-state index contributed by atoms with van der Waals surface area (Å²) in [5, 5.41) is 14.7. The molecule has 0 bridgehead atoms. The lowest BCUT2D eigenvalue weighted by atomic mass is 10.0. The lowest BCUT2D eigenvalue weighted by Gasteiger charge is -2.34. The number of benzene rings is 4. The van der Waals surface area contributed by atoms with E-state index in [1.54, 1.807) is 6.92 Å². The van der Waals surface area contributed by atoms with Gasteiger partial charge in [0.2, 0.25) is 11.8 Å². The Bertz CT molecular complexity index is 1900. The highest BCUT2D eigenvalue weighted by atomic mass is 35.5. The van der Waals surface area contributed by atoms with Crippen LogP contribution in [0.25, 0.3) is 0 Å². The smallest absolute Gasteiger partial charge is 0.273 e. The summed E-state index contributed by atoms with van der Waals surface area (Å²) in [5.74, 6) is -1.02. The molecule has 0 aromatic heterocycles. The van der Waals surface area contributed by atoms with Crippen molar-refractivity contribution < 1.29 is 27.7 Å². The minimum absolute atomic E-state index is 0.00326. The summed E-state index contributed by atoms with van der Waals surface area (Å²) in [7, 11) is -3.32. The molecular formula is C35H37ClN4O7S. The number of rotatable bonds is 14. The van der Waals surface area contributed by atoms with Crippen LogP contribution < -0.4 is 14.4 Å². The van der Waals surface area contributed by atoms with Gasteiger partial charge in [-0.1, -0.05) is 72.3 Å². The first-order valence-corrected chi connectivity index (χ1v) is 17.0. The highest BCUT2D eigenvalue weighted by molar-refractivity contribution is 7.92. The number of amides is 2. The number of anilines is 1. The number of ether oxygens (including phenoxy) is 1. The fourth-order valence-corrected chi connectivity index (χ4v) is 6.87. The number of methoxy groups -OCH3 is 1. The molecule has 4 aromatic rings. The molecule has 4 aromatic carbocycles. The number of likely N-dealkylation sites (N-methyl/N-ethyl adjacent to an activating group) is 1. The number of aryl methyl sites for hydroxylation is 2. The van der Waals surface area contributed by atoms with Gasteiger partial charge >= 0.3 is 0 Å². The van der Waals surface area contributed by atoms with Crippen LogP contribution in [0.5, 0.6) is 5.75 Å². The monoisotopic (exact) mass is 692 g/mol. The van der Waals surface area contributed by atoms with Crippen molar-refractivity contribution in [2.24, 2.45) is 0 Å². The number of nitrogens with zero attached hydrogens (tertiary/aromatic N) is 3. The van der Waals surface area contributed by atoms with Crippen molar-refractivity contribution in [1.29, 1.82) is 0 Å². The van der Waals surface area contributed by atoms with Crippen LogP contribution in [-0.4, -0.2) is 56.3 Å². The molecule has 0 saturated carbocycles. The largest absolute Gasteiger partial charge is 0.495 e. The maximum Gasteiger partial charge on any atom is 0.273 e. The number of nitrogens with one attached hydrogen (secondary N) is 1. The SMILES string of the molecule is CCNC(=O)[C@H](Cc1ccccc1)N(Cc1ccccc1C)C(=O)CN(c1cc(Cl)ccc1OC)S(=O)(=O)c1ccc(C)c([N+](=O)[O-])c1. The molecule has 0 heterocycles. The number of nitro benzene ring substituents is 1. The molecule has 0 fully saturated rings. The van der Waals surface area contributed by atoms with E-state index in [1.165, 1.54) is 49.3 Å². The topological polar surface area (TPSA) is 139 Å². The number of hydrogen-bond acceptors (Lipinski definition) is 7. The molecular weight excluding hydrogens is 656 g/mol. The van der Waals surface area contributed by atoms with Crippen LogP contribution in [0.4, 0.5) is 11.4 Å². The number of nitro groups is 1. The van der Waals surface area contributed by atoms with Gasteiger partial charge in [-0.25, -0.2) is 8.42 Å². The van der Waals surface area contributed by atoms with Gasteiger partial charge in [-0.3, -0.25) is 24.0 Å². The molecule has 0 aliphatic carbocycles. The van der Waals surface area contributed by atoms with Crippen molar-refractivity contribution in [2.45, 2.75) is 44.7 Å². The Kier molecular flexibility index (Phi) is 11.8. The number of carbonyl (C=O) groups excluding carboxylic acids is 2. The molecule has 1 atom stereocenters. The van der Waals surface area contributed by atoms with Gasteiger partial charge in [0, 0.05) is 36.2 Å². The quantitative estimate of drug-likeness (QED) is 0.129. The maximum absolute atomic E-state index is 14.6. The molecule has 0 aliphatic heterocycles. The number of halogens is 1. The second kappa shape index (κ2) is 15.8. The fraction of sp³-hybridized carbons (Fsp3) is 0.257. The normalized spacial score (nSPS) is 11.8. The third kappa shape index (κ3) is 8.31. The van der Waals surface area contributed by atoms with Crippen molar-refractivity contribution >= 4 is 44.8 Å². The number of hydrogen-bond donors (Lipinski definition) is 1. The van der Waals surface area contributed by atoms with E-state index in [2.05, 4.69) is 5.32 Å². The van der Waals surface area contributed by atoms with E-state index in [-0.39, 0.29) is 35.0 Å². The molecule has 1 N–H and O–H groups in total. The summed E-state index contributed by atoms with van der Waals surface area (Å²) < 4.78 is 35.1. The van der Waals surface area contributed by atoms with E-state index in [4.69, 9.17) is 16.3 Å². The molecule has 2 amide bonds. The second-order valence-corrected chi connectivity index (χ2v) is 13.4. The van der Waals surface area contributed by atoms with Crippen molar-refractivity contribution in [3.63, 3.8) is 0 Å². The van der Waals surface area contributed by atoms with Crippen molar-refractivity contribution in [3.05, 3.63) is 128 Å². The zero-order valence-corrected chi connectivity index (χ0v) is 28.6. The van der Waals surface area contributed by atoms with Crippen LogP contribution in [0.15, 0.2) is 95.9 Å². The van der Waals surface area contributed by atoms with E-state index in [0.29, 0.717) is 6.54 Å². The highest BCUT2D eigenvalue weighted by Gasteiger charge is 2.36. The lowest BCUT2D eigenvalue weighted by Crippen LogP contribution is -2.53. The highest BCUT2D eigenvalue weighted by Crippen LogP contribution is 2.36. The number of carbonyl (C=O) groups is 2. The number of sulfonamides is 1. The zero-order valence-electron chi connectivity index (χ0n) is 27.1. The summed E-state index contributed by atoms with van der Waals surface area (Å²) in [6.07, 6.45) is 0.154. The summed E-state index contributed by atoms with van der Waals surface area (Å²) in [5.41, 5.74) is 2.23. The van der Waals surface area contributed by atoms with Gasteiger partial charge in [-0.15, -0.1) is 0 Å². The Morgan fingerprint density at radius 1 is 0.958 bits per heavy atom. The summed E-state index contributed by atoms with van der Waals surface area (Å²) >= 11 is 6.33. The molecule has 0 saturated heterocycles. The first-order valence-electron chi connectivity index (χ1n) is 15.1. The Balaban J connectivity index is 1.89. The van der Waals surface area contributed by atoms with Crippen LogP contribution in [0.3, 0.4) is 0 Å². The van der Waals surface area contributed by atoms with Crippen molar-refractivity contribution in [3.8, 4) is 5.75 Å². The molecule has 0 aliphatic rings. The maximum atomic E-state index is 14.6. The Morgan fingerprint density at radius 3 is 2.29 bits per heavy atom. The van der Waals surface area contributed by atoms with Gasteiger partial charge in [0.1, 0.15) is 18.3 Å². The molecule has 0 radical (unpaired) electrons. The van der Waals surface area contributed by atoms with Gasteiger partial charge in [-0.2, -0.15) is 0 Å². The molecule has 4 rings (SSSR count). The van der Waals surface area contributed by atoms with Gasteiger partial charge < -0.3 is 15.0 Å². The van der Waals surface area contributed by atoms with E-state index in [0.717, 1.165) is 27.1 Å². The first kappa shape index (κ1) is 35.9. The summed E-state index contributed by atoms with van der Waals surface area (Å²) in [4.78, 5) is 40.4. The third-order valence-electron chi connectivity index (χ3n) is 7.88. The standard InChI is InChI=1S/C35H37ClN4O7S/c1-5-37-35(42)32(19-26-12-7-6-8-13-26)38(22-27-14-10-9-11-24(27)2)34(41)23-39(31-20-28(36)16-18-33(31)47-4)48(45,46)29-17-15-25(3)30(21-29)40(43)44/h6-18,20-21,32H,5,19,22-23H2,1-4H3,(H,37,42)/t32-/m0/s1. The predicted molar refractivity (Wildman–Crippen MR) is 185 cm³/mol. The van der Waals surface area contributed by atoms with E-state index >= 15 is 0 Å². The van der Waals surface area contributed by atoms with Gasteiger partial charge in [-0.05, 0) is 61.7 Å². The second-order valence-electron chi connectivity index (χ2n) is 11.1. The van der Waals surface area contributed by atoms with Crippen LogP contribution in [-0.2, 0) is 32.6 Å². The Morgan fingerprint density at radius 2 is 1.65 bits per heavy atom. The fourth-order valence-electron chi connectivity index (χ4n) is 5.26. The van der Waals surface area contributed by atoms with E-state index in [9.17, 15) is 28.1 Å². The van der Waals surface area contributed by atoms with Gasteiger partial charge in [0.25, 0.3) is 15.7 Å². The predicted octanol–water partition coefficient (Wildman–Crippen LogP) is 5.85. The van der Waals surface area contributed by atoms with E-state index < -0.39 is 49.9 Å². The average Bonchev–Trinajstić information content (AvgIpc) is 3.06. The van der Waals surface area contributed by atoms with Gasteiger partial charge in [0.05, 0.1) is 22.6 Å². The summed E-state index contributed by atoms with van der Waals surface area (Å²) in [6.45, 7) is 4.67. The van der Waals surface area contributed by atoms with Crippen LogP contribution in [0.2, 0.25) is 5.02 Å². The molecule has 0 spiro atoms. The Hall–Kier alpha value is -4.94. The van der Waals surface area contributed by atoms with Crippen LogP contribution >= 0.6 is 11.6 Å². The minimum atomic E-state index is -4.66. The minimum Gasteiger partial charge on any atom is -0.495 e. The molecule has 252 valence electrons.